The van der Waals surface area contributed by atoms with Crippen LogP contribution in [0.15, 0.2) is 28.7 Å². The van der Waals surface area contributed by atoms with Crippen LogP contribution in [-0.4, -0.2) is 43.7 Å². The Kier molecular flexibility index (Phi) is 3.87. The summed E-state index contributed by atoms with van der Waals surface area (Å²) in [6.45, 7) is 1.81. The number of likely N-dealkylation sites (N-methyl/N-ethyl adjacent to an activating group) is 1. The highest BCUT2D eigenvalue weighted by Gasteiger charge is 2.34. The van der Waals surface area contributed by atoms with Crippen LogP contribution in [0.5, 0.6) is 0 Å². The van der Waals surface area contributed by atoms with Gasteiger partial charge in [-0.1, -0.05) is 34.1 Å². The van der Waals surface area contributed by atoms with E-state index in [0.29, 0.717) is 26.1 Å². The molecule has 0 atom stereocenters. The number of nitrogens with zero attached hydrogens (tertiary/aromatic N) is 2. The molecular weight excluding hydrogens is 304 g/mol. The lowest BCUT2D eigenvalue weighted by Gasteiger charge is -2.17. The van der Waals surface area contributed by atoms with E-state index < -0.39 is 10.2 Å². The highest BCUT2D eigenvalue weighted by molar-refractivity contribution is 9.10. The minimum atomic E-state index is -3.20. The lowest BCUT2D eigenvalue weighted by molar-refractivity contribution is 0.445. The van der Waals surface area contributed by atoms with E-state index in [1.165, 1.54) is 8.61 Å². The van der Waals surface area contributed by atoms with E-state index in [4.69, 9.17) is 0 Å². The Labute approximate surface area is 111 Å². The van der Waals surface area contributed by atoms with Crippen LogP contribution in [0.3, 0.4) is 0 Å². The molecule has 1 saturated heterocycles. The van der Waals surface area contributed by atoms with Crippen LogP contribution < -0.4 is 0 Å². The second kappa shape index (κ2) is 5.06. The quantitative estimate of drug-likeness (QED) is 0.772. The van der Waals surface area contributed by atoms with Gasteiger partial charge in [0.2, 0.25) is 0 Å². The van der Waals surface area contributed by atoms with E-state index in [1.807, 2.05) is 24.3 Å². The molecule has 0 amide bonds. The van der Waals surface area contributed by atoms with Crippen molar-refractivity contribution in [2.75, 3.05) is 26.7 Å². The molecule has 1 aliphatic heterocycles. The average molecular weight is 319 g/mol. The van der Waals surface area contributed by atoms with Gasteiger partial charge in [0.1, 0.15) is 0 Å². The van der Waals surface area contributed by atoms with Crippen molar-refractivity contribution in [3.63, 3.8) is 0 Å². The van der Waals surface area contributed by atoms with E-state index in [-0.39, 0.29) is 0 Å². The molecule has 0 unspecified atom stereocenters. The summed E-state index contributed by atoms with van der Waals surface area (Å²) in [6.07, 6.45) is 0.713. The third-order valence-corrected chi connectivity index (χ3v) is 5.54. The normalized spacial score (nSPS) is 16.4. The predicted molar refractivity (Wildman–Crippen MR) is 71.0 cm³/mol. The SMILES string of the molecule is CN(CCc1ccccc1Br)S(=O)(=O)N1CC1. The molecule has 0 aliphatic carbocycles. The summed E-state index contributed by atoms with van der Waals surface area (Å²) >= 11 is 3.46. The van der Waals surface area contributed by atoms with Crippen LogP contribution in [0.4, 0.5) is 0 Å². The molecule has 0 bridgehead atoms. The first-order valence-corrected chi connectivity index (χ1v) is 7.65. The number of hydrogen-bond acceptors (Lipinski definition) is 2. The van der Waals surface area contributed by atoms with Gasteiger partial charge in [-0.05, 0) is 18.1 Å². The molecule has 0 radical (unpaired) electrons. The minimum Gasteiger partial charge on any atom is -0.195 e. The Bertz CT molecular complexity index is 500. The van der Waals surface area contributed by atoms with Gasteiger partial charge < -0.3 is 0 Å². The molecular formula is C11H15BrN2O2S. The van der Waals surface area contributed by atoms with Gasteiger partial charge in [-0.15, -0.1) is 0 Å². The van der Waals surface area contributed by atoms with Crippen LogP contribution >= 0.6 is 15.9 Å². The molecule has 1 aromatic rings. The van der Waals surface area contributed by atoms with Crippen molar-refractivity contribution in [3.05, 3.63) is 34.3 Å². The molecule has 6 heteroatoms. The van der Waals surface area contributed by atoms with E-state index in [2.05, 4.69) is 15.9 Å². The van der Waals surface area contributed by atoms with E-state index in [1.54, 1.807) is 7.05 Å². The second-order valence-electron chi connectivity index (χ2n) is 4.07. The first-order chi connectivity index (χ1) is 8.01. The van der Waals surface area contributed by atoms with Crippen molar-refractivity contribution in [2.45, 2.75) is 6.42 Å². The first kappa shape index (κ1) is 13.0. The Morgan fingerprint density at radius 2 is 2.00 bits per heavy atom. The summed E-state index contributed by atoms with van der Waals surface area (Å²) in [6, 6.07) is 7.87. The molecule has 1 heterocycles. The molecule has 0 saturated carbocycles. The number of hydrogen-bond donors (Lipinski definition) is 0. The van der Waals surface area contributed by atoms with Crippen LogP contribution in [0.25, 0.3) is 0 Å². The summed E-state index contributed by atoms with van der Waals surface area (Å²) in [5.74, 6) is 0. The van der Waals surface area contributed by atoms with Crippen LogP contribution in [-0.2, 0) is 16.6 Å². The fourth-order valence-electron chi connectivity index (χ4n) is 1.56. The van der Waals surface area contributed by atoms with E-state index >= 15 is 0 Å². The van der Waals surface area contributed by atoms with Gasteiger partial charge in [0, 0.05) is 31.2 Å². The van der Waals surface area contributed by atoms with Crippen molar-refractivity contribution in [1.29, 1.82) is 0 Å². The first-order valence-electron chi connectivity index (χ1n) is 5.46. The highest BCUT2D eigenvalue weighted by atomic mass is 79.9. The molecule has 0 N–H and O–H groups in total. The van der Waals surface area contributed by atoms with Crippen LogP contribution in [0, 0.1) is 0 Å². The van der Waals surface area contributed by atoms with Crippen LogP contribution in [0.2, 0.25) is 0 Å². The van der Waals surface area contributed by atoms with Gasteiger partial charge in [-0.3, -0.25) is 0 Å². The molecule has 2 rings (SSSR count). The largest absolute Gasteiger partial charge is 0.281 e. The molecule has 1 aliphatic rings. The third-order valence-electron chi connectivity index (χ3n) is 2.78. The van der Waals surface area contributed by atoms with Crippen molar-refractivity contribution >= 4 is 26.1 Å². The molecule has 17 heavy (non-hydrogen) atoms. The maximum Gasteiger partial charge on any atom is 0.281 e. The van der Waals surface area contributed by atoms with Crippen molar-refractivity contribution in [3.8, 4) is 0 Å². The molecule has 1 aromatic carbocycles. The Morgan fingerprint density at radius 3 is 2.59 bits per heavy atom. The molecule has 94 valence electrons. The average Bonchev–Trinajstić information content (AvgIpc) is 3.11. The summed E-state index contributed by atoms with van der Waals surface area (Å²) in [4.78, 5) is 0. The Balaban J connectivity index is 1.97. The summed E-state index contributed by atoms with van der Waals surface area (Å²) in [5.41, 5.74) is 1.13. The lowest BCUT2D eigenvalue weighted by atomic mass is 10.1. The van der Waals surface area contributed by atoms with Gasteiger partial charge in [-0.2, -0.15) is 17.0 Å². The molecule has 4 nitrogen and oxygen atoms in total. The smallest absolute Gasteiger partial charge is 0.195 e. The monoisotopic (exact) mass is 318 g/mol. The highest BCUT2D eigenvalue weighted by Crippen LogP contribution is 2.19. The molecule has 1 fully saturated rings. The predicted octanol–water partition coefficient (Wildman–Crippen LogP) is 1.48. The second-order valence-corrected chi connectivity index (χ2v) is 6.96. The topological polar surface area (TPSA) is 40.4 Å². The zero-order valence-corrected chi connectivity index (χ0v) is 12.0. The number of benzene rings is 1. The van der Waals surface area contributed by atoms with Gasteiger partial charge in [0.25, 0.3) is 10.2 Å². The van der Waals surface area contributed by atoms with E-state index in [0.717, 1.165) is 10.0 Å². The van der Waals surface area contributed by atoms with Crippen molar-refractivity contribution < 1.29 is 8.42 Å². The van der Waals surface area contributed by atoms with Crippen LogP contribution in [0.1, 0.15) is 5.56 Å². The van der Waals surface area contributed by atoms with Gasteiger partial charge in [0.15, 0.2) is 0 Å². The Hall–Kier alpha value is -0.430. The maximum absolute atomic E-state index is 11.8. The standard InChI is InChI=1S/C11H15BrN2O2S/c1-13(17(15,16)14-8-9-14)7-6-10-4-2-3-5-11(10)12/h2-5H,6-9H2,1H3. The maximum atomic E-state index is 11.8. The molecule has 0 spiro atoms. The summed E-state index contributed by atoms with van der Waals surface area (Å²) in [7, 11) is -1.57. The Morgan fingerprint density at radius 1 is 1.35 bits per heavy atom. The van der Waals surface area contributed by atoms with Crippen molar-refractivity contribution in [1.82, 2.24) is 8.61 Å². The summed E-state index contributed by atoms with van der Waals surface area (Å²) in [5, 5.41) is 0. The summed E-state index contributed by atoms with van der Waals surface area (Å²) < 4.78 is 27.6. The van der Waals surface area contributed by atoms with Crippen molar-refractivity contribution in [2.24, 2.45) is 0 Å². The lowest BCUT2D eigenvalue weighted by Crippen LogP contribution is -2.33. The van der Waals surface area contributed by atoms with E-state index in [9.17, 15) is 8.42 Å². The van der Waals surface area contributed by atoms with Gasteiger partial charge in [0.05, 0.1) is 0 Å². The van der Waals surface area contributed by atoms with Gasteiger partial charge >= 0.3 is 0 Å². The fourth-order valence-corrected chi connectivity index (χ4v) is 3.31. The fraction of sp³-hybridized carbons (Fsp3) is 0.455. The zero-order valence-electron chi connectivity index (χ0n) is 9.63. The number of halogens is 1. The van der Waals surface area contributed by atoms with Gasteiger partial charge in [-0.25, -0.2) is 0 Å². The minimum absolute atomic E-state index is 0.501. The zero-order chi connectivity index (χ0) is 12.5. The molecule has 0 aromatic heterocycles. The third kappa shape index (κ3) is 3.07. The number of rotatable bonds is 5.